The summed E-state index contributed by atoms with van der Waals surface area (Å²) in [5.41, 5.74) is 1.77. The van der Waals surface area contributed by atoms with Crippen LogP contribution in [0.25, 0.3) is 0 Å². The molecule has 0 radical (unpaired) electrons. The second-order valence-electron chi connectivity index (χ2n) is 9.28. The predicted molar refractivity (Wildman–Crippen MR) is 136 cm³/mol. The number of hydrogen-bond acceptors (Lipinski definition) is 7. The molecule has 37 heavy (non-hydrogen) atoms. The van der Waals surface area contributed by atoms with Crippen LogP contribution in [0.15, 0.2) is 36.4 Å². The Morgan fingerprint density at radius 2 is 1.68 bits per heavy atom. The summed E-state index contributed by atoms with van der Waals surface area (Å²) in [5, 5.41) is 0. The lowest BCUT2D eigenvalue weighted by Gasteiger charge is -2.43. The van der Waals surface area contributed by atoms with Crippen LogP contribution in [0.5, 0.6) is 17.2 Å². The highest BCUT2D eigenvalue weighted by Gasteiger charge is 2.46. The number of benzene rings is 2. The number of likely N-dealkylation sites (N-methyl/N-ethyl adjacent to an activating group) is 1. The smallest absolute Gasteiger partial charge is 0.310 e. The lowest BCUT2D eigenvalue weighted by Crippen LogP contribution is -2.50. The number of nitrogens with zero attached hydrogens (tertiary/aromatic N) is 2. The van der Waals surface area contributed by atoms with Crippen LogP contribution in [-0.4, -0.2) is 75.7 Å². The third-order valence-electron chi connectivity index (χ3n) is 7.25. The maximum absolute atomic E-state index is 14.3. The van der Waals surface area contributed by atoms with E-state index in [1.807, 2.05) is 24.3 Å². The predicted octanol–water partition coefficient (Wildman–Crippen LogP) is 3.42. The number of ether oxygens (including phenoxy) is 4. The van der Waals surface area contributed by atoms with Crippen molar-refractivity contribution in [3.63, 3.8) is 0 Å². The van der Waals surface area contributed by atoms with Crippen molar-refractivity contribution in [2.75, 3.05) is 48.1 Å². The number of fused-ring (bicyclic) bond motifs is 1. The van der Waals surface area contributed by atoms with E-state index in [4.69, 9.17) is 18.9 Å². The van der Waals surface area contributed by atoms with E-state index in [9.17, 15) is 14.4 Å². The van der Waals surface area contributed by atoms with Gasteiger partial charge in [-0.2, -0.15) is 0 Å². The largest absolute Gasteiger partial charge is 0.497 e. The second-order valence-corrected chi connectivity index (χ2v) is 9.28. The molecule has 2 aromatic rings. The third-order valence-corrected chi connectivity index (χ3v) is 7.25. The van der Waals surface area contributed by atoms with Gasteiger partial charge >= 0.3 is 5.97 Å². The quantitative estimate of drug-likeness (QED) is 0.527. The monoisotopic (exact) mass is 510 g/mol. The molecule has 0 unspecified atom stereocenters. The minimum Gasteiger partial charge on any atom is -0.497 e. The Labute approximate surface area is 217 Å². The van der Waals surface area contributed by atoms with Crippen molar-refractivity contribution < 1.29 is 33.3 Å². The molecule has 0 aromatic heterocycles. The SMILES string of the molecule is CCOC(=O)[C@H]1CCCN(C(=O)[C@@H]2c3cc(OC)c(OC)cc3C(=O)N(C)[C@@H]2c2ccc(OC)cc2)C1. The lowest BCUT2D eigenvalue weighted by molar-refractivity contribution is -0.151. The molecular weight excluding hydrogens is 476 g/mol. The molecule has 4 rings (SSSR count). The third kappa shape index (κ3) is 4.95. The van der Waals surface area contributed by atoms with E-state index in [0.29, 0.717) is 54.4 Å². The molecule has 2 heterocycles. The molecular formula is C28H34N2O7. The van der Waals surface area contributed by atoms with Crippen molar-refractivity contribution in [2.24, 2.45) is 5.92 Å². The molecule has 1 fully saturated rings. The van der Waals surface area contributed by atoms with E-state index in [1.165, 1.54) is 14.2 Å². The number of rotatable bonds is 7. The molecule has 0 bridgehead atoms. The maximum atomic E-state index is 14.3. The van der Waals surface area contributed by atoms with Gasteiger partial charge in [0.1, 0.15) is 5.75 Å². The Kier molecular flexibility index (Phi) is 7.90. The first-order valence-electron chi connectivity index (χ1n) is 12.5. The summed E-state index contributed by atoms with van der Waals surface area (Å²) in [4.78, 5) is 43.7. The number of likely N-dealkylation sites (tertiary alicyclic amines) is 1. The zero-order valence-corrected chi connectivity index (χ0v) is 22.0. The van der Waals surface area contributed by atoms with Crippen molar-refractivity contribution in [2.45, 2.75) is 31.7 Å². The van der Waals surface area contributed by atoms with Crippen LogP contribution in [0, 0.1) is 5.92 Å². The number of carbonyl (C=O) groups is 3. The molecule has 2 aliphatic heterocycles. The summed E-state index contributed by atoms with van der Waals surface area (Å²) >= 11 is 0. The number of amides is 2. The van der Waals surface area contributed by atoms with Gasteiger partial charge in [0.15, 0.2) is 11.5 Å². The Morgan fingerprint density at radius 1 is 1.00 bits per heavy atom. The zero-order valence-electron chi connectivity index (χ0n) is 22.0. The molecule has 3 atom stereocenters. The molecule has 0 aliphatic carbocycles. The van der Waals surface area contributed by atoms with Gasteiger partial charge in [-0.3, -0.25) is 14.4 Å². The van der Waals surface area contributed by atoms with Crippen LogP contribution < -0.4 is 14.2 Å². The summed E-state index contributed by atoms with van der Waals surface area (Å²) in [6, 6.07) is 10.2. The maximum Gasteiger partial charge on any atom is 0.310 e. The fraction of sp³-hybridized carbons (Fsp3) is 0.464. The van der Waals surface area contributed by atoms with E-state index in [0.717, 1.165) is 5.56 Å². The molecule has 0 spiro atoms. The highest BCUT2D eigenvalue weighted by Crippen LogP contribution is 2.46. The molecule has 2 aliphatic rings. The van der Waals surface area contributed by atoms with E-state index in [2.05, 4.69) is 0 Å². The summed E-state index contributed by atoms with van der Waals surface area (Å²) in [6.45, 7) is 2.88. The molecule has 2 amide bonds. The molecule has 2 aromatic carbocycles. The van der Waals surface area contributed by atoms with Crippen LogP contribution in [0.2, 0.25) is 0 Å². The van der Waals surface area contributed by atoms with Gasteiger partial charge in [-0.15, -0.1) is 0 Å². The van der Waals surface area contributed by atoms with Crippen molar-refractivity contribution in [1.82, 2.24) is 9.80 Å². The van der Waals surface area contributed by atoms with Gasteiger partial charge in [0, 0.05) is 25.7 Å². The lowest BCUT2D eigenvalue weighted by atomic mass is 9.78. The van der Waals surface area contributed by atoms with Crippen LogP contribution in [0.4, 0.5) is 0 Å². The van der Waals surface area contributed by atoms with Gasteiger partial charge < -0.3 is 28.7 Å². The van der Waals surface area contributed by atoms with Crippen molar-refractivity contribution in [1.29, 1.82) is 0 Å². The molecule has 0 saturated carbocycles. The topological polar surface area (TPSA) is 94.6 Å². The first-order valence-corrected chi connectivity index (χ1v) is 12.5. The summed E-state index contributed by atoms with van der Waals surface area (Å²) in [7, 11) is 6.32. The highest BCUT2D eigenvalue weighted by molar-refractivity contribution is 6.02. The molecule has 0 N–H and O–H groups in total. The minimum atomic E-state index is -0.716. The van der Waals surface area contributed by atoms with Gasteiger partial charge in [-0.25, -0.2) is 0 Å². The molecule has 9 heteroatoms. The molecule has 1 saturated heterocycles. The van der Waals surface area contributed by atoms with Gasteiger partial charge in [0.25, 0.3) is 5.91 Å². The number of hydrogen-bond donors (Lipinski definition) is 0. The number of piperidine rings is 1. The Bertz CT molecular complexity index is 1160. The van der Waals surface area contributed by atoms with E-state index in [1.54, 1.807) is 43.0 Å². The highest BCUT2D eigenvalue weighted by atomic mass is 16.5. The van der Waals surface area contributed by atoms with Gasteiger partial charge in [0.05, 0.1) is 45.8 Å². The number of methoxy groups -OCH3 is 3. The van der Waals surface area contributed by atoms with Crippen molar-refractivity contribution >= 4 is 17.8 Å². The average molecular weight is 511 g/mol. The number of esters is 1. The summed E-state index contributed by atoms with van der Waals surface area (Å²) in [5.74, 6) is -0.209. The standard InChI is InChI=1S/C28H34N2O7/c1-6-37-28(33)18-8-7-13-30(16-18)27(32)24-20-14-22(35-4)23(36-5)15-21(20)26(31)29(2)25(24)17-9-11-19(34-3)12-10-17/h9-12,14-15,18,24-25H,6-8,13,16H2,1-5H3/t18-,24+,25+/m0/s1. The molecule has 9 nitrogen and oxygen atoms in total. The van der Waals surface area contributed by atoms with Gasteiger partial charge in [-0.05, 0) is 55.2 Å². The minimum absolute atomic E-state index is 0.150. The van der Waals surface area contributed by atoms with E-state index >= 15 is 0 Å². The first kappa shape index (κ1) is 26.3. The second kappa shape index (κ2) is 11.1. The average Bonchev–Trinajstić information content (AvgIpc) is 2.94. The van der Waals surface area contributed by atoms with Gasteiger partial charge in [0.2, 0.25) is 5.91 Å². The van der Waals surface area contributed by atoms with Crippen LogP contribution in [-0.2, 0) is 14.3 Å². The van der Waals surface area contributed by atoms with Crippen LogP contribution in [0.1, 0.15) is 53.2 Å². The fourth-order valence-corrected chi connectivity index (χ4v) is 5.36. The Morgan fingerprint density at radius 3 is 2.30 bits per heavy atom. The van der Waals surface area contributed by atoms with Crippen LogP contribution >= 0.6 is 0 Å². The normalized spacial score (nSPS) is 21.2. The molecule has 198 valence electrons. The fourth-order valence-electron chi connectivity index (χ4n) is 5.36. The summed E-state index contributed by atoms with van der Waals surface area (Å²) in [6.07, 6.45) is 1.37. The number of carbonyl (C=O) groups excluding carboxylic acids is 3. The van der Waals surface area contributed by atoms with Crippen molar-refractivity contribution in [3.05, 3.63) is 53.1 Å². The van der Waals surface area contributed by atoms with Crippen molar-refractivity contribution in [3.8, 4) is 17.2 Å². The van der Waals surface area contributed by atoms with Crippen LogP contribution in [0.3, 0.4) is 0 Å². The summed E-state index contributed by atoms with van der Waals surface area (Å²) < 4.78 is 21.5. The van der Waals surface area contributed by atoms with Gasteiger partial charge in [-0.1, -0.05) is 12.1 Å². The Hall–Kier alpha value is -3.75. The Balaban J connectivity index is 1.81. The van der Waals surface area contributed by atoms with E-state index < -0.39 is 12.0 Å². The van der Waals surface area contributed by atoms with E-state index in [-0.39, 0.29) is 30.2 Å². The zero-order chi connectivity index (χ0) is 26.7. The first-order chi connectivity index (χ1) is 17.8.